The average Bonchev–Trinajstić information content (AvgIpc) is 2.79. The molecule has 0 atom stereocenters. The maximum atomic E-state index is 9.54. The molecule has 1 aromatic heterocycles. The van der Waals surface area contributed by atoms with E-state index in [9.17, 15) is 5.11 Å². The van der Waals surface area contributed by atoms with Gasteiger partial charge in [0.25, 0.3) is 0 Å². The Morgan fingerprint density at radius 1 is 1.31 bits per heavy atom. The third kappa shape index (κ3) is 2.84. The van der Waals surface area contributed by atoms with Gasteiger partial charge in [-0.2, -0.15) is 0 Å². The van der Waals surface area contributed by atoms with Crippen molar-refractivity contribution in [2.45, 2.75) is 13.1 Å². The minimum Gasteiger partial charge on any atom is -0.508 e. The Hall–Kier alpha value is -1.81. The molecule has 2 rings (SSSR count). The van der Waals surface area contributed by atoms with Crippen molar-refractivity contribution in [2.75, 3.05) is 6.54 Å². The van der Waals surface area contributed by atoms with E-state index in [4.69, 9.17) is 0 Å². The quantitative estimate of drug-likeness (QED) is 0.744. The number of phenolic OH excluding ortho intramolecular Hbond substituents is 1. The van der Waals surface area contributed by atoms with Crippen LogP contribution in [0.15, 0.2) is 43.0 Å². The number of nitrogens with one attached hydrogen (secondary N) is 1. The number of para-hydroxylation sites is 1. The molecule has 0 aliphatic heterocycles. The minimum absolute atomic E-state index is 0.345. The van der Waals surface area contributed by atoms with Crippen molar-refractivity contribution in [3.05, 3.63) is 48.5 Å². The number of hydrogen-bond acceptors (Lipinski definition) is 3. The number of aromatic nitrogens is 2. The third-order valence-corrected chi connectivity index (χ3v) is 2.41. The van der Waals surface area contributed by atoms with Crippen molar-refractivity contribution in [1.29, 1.82) is 0 Å². The van der Waals surface area contributed by atoms with Crippen molar-refractivity contribution in [3.63, 3.8) is 0 Å². The molecule has 16 heavy (non-hydrogen) atoms. The van der Waals surface area contributed by atoms with Crippen LogP contribution in [-0.2, 0) is 13.1 Å². The Balaban J connectivity index is 1.74. The summed E-state index contributed by atoms with van der Waals surface area (Å²) in [5.74, 6) is 0.345. The lowest BCUT2D eigenvalue weighted by Crippen LogP contribution is -2.18. The van der Waals surface area contributed by atoms with Crippen molar-refractivity contribution in [2.24, 2.45) is 0 Å². The maximum Gasteiger partial charge on any atom is 0.120 e. The molecule has 0 unspecified atom stereocenters. The normalized spacial score (nSPS) is 10.5. The van der Waals surface area contributed by atoms with Crippen LogP contribution in [0.1, 0.15) is 5.56 Å². The van der Waals surface area contributed by atoms with E-state index < -0.39 is 0 Å². The molecule has 0 bridgehead atoms. The first kappa shape index (κ1) is 10.7. The highest BCUT2D eigenvalue weighted by molar-refractivity contribution is 5.31. The summed E-state index contributed by atoms with van der Waals surface area (Å²) in [4.78, 5) is 3.97. The van der Waals surface area contributed by atoms with E-state index in [1.165, 1.54) is 0 Å². The topological polar surface area (TPSA) is 50.1 Å². The second-order valence-electron chi connectivity index (χ2n) is 3.61. The van der Waals surface area contributed by atoms with E-state index in [-0.39, 0.29) is 0 Å². The fourth-order valence-electron chi connectivity index (χ4n) is 1.51. The zero-order valence-corrected chi connectivity index (χ0v) is 9.00. The average molecular weight is 217 g/mol. The number of hydrogen-bond donors (Lipinski definition) is 2. The van der Waals surface area contributed by atoms with Crippen LogP contribution in [0, 0.1) is 0 Å². The number of imidazole rings is 1. The number of phenols is 1. The number of rotatable bonds is 5. The Labute approximate surface area is 94.6 Å². The fraction of sp³-hybridized carbons (Fsp3) is 0.250. The predicted molar refractivity (Wildman–Crippen MR) is 62.0 cm³/mol. The Morgan fingerprint density at radius 3 is 2.94 bits per heavy atom. The zero-order valence-electron chi connectivity index (χ0n) is 9.00. The van der Waals surface area contributed by atoms with Crippen LogP contribution in [0.4, 0.5) is 0 Å². The molecule has 0 fully saturated rings. The molecular weight excluding hydrogens is 202 g/mol. The molecule has 0 saturated carbocycles. The summed E-state index contributed by atoms with van der Waals surface area (Å²) in [5, 5.41) is 12.8. The fourth-order valence-corrected chi connectivity index (χ4v) is 1.51. The molecule has 0 saturated heterocycles. The molecule has 2 N–H and O–H groups in total. The molecule has 2 aromatic rings. The van der Waals surface area contributed by atoms with Gasteiger partial charge in [0.2, 0.25) is 0 Å². The van der Waals surface area contributed by atoms with E-state index in [2.05, 4.69) is 10.3 Å². The van der Waals surface area contributed by atoms with E-state index in [0.29, 0.717) is 12.3 Å². The van der Waals surface area contributed by atoms with Gasteiger partial charge in [0.1, 0.15) is 5.75 Å². The lowest BCUT2D eigenvalue weighted by molar-refractivity contribution is 0.463. The van der Waals surface area contributed by atoms with Crippen LogP contribution in [0.5, 0.6) is 5.75 Å². The summed E-state index contributed by atoms with van der Waals surface area (Å²) in [6.45, 7) is 2.42. The van der Waals surface area contributed by atoms with E-state index in [1.807, 2.05) is 29.0 Å². The van der Waals surface area contributed by atoms with E-state index in [0.717, 1.165) is 18.7 Å². The standard InChI is InChI=1S/C12H15N3O/c16-12-4-2-1-3-11(12)9-13-5-7-15-8-6-14-10-15/h1-4,6,8,10,13,16H,5,7,9H2. The Bertz CT molecular complexity index is 426. The van der Waals surface area contributed by atoms with Crippen LogP contribution >= 0.6 is 0 Å². The Kier molecular flexibility index (Phi) is 3.56. The van der Waals surface area contributed by atoms with Gasteiger partial charge in [0.05, 0.1) is 6.33 Å². The van der Waals surface area contributed by atoms with Gasteiger partial charge >= 0.3 is 0 Å². The molecule has 0 radical (unpaired) electrons. The monoisotopic (exact) mass is 217 g/mol. The van der Waals surface area contributed by atoms with E-state index >= 15 is 0 Å². The van der Waals surface area contributed by atoms with Gasteiger partial charge in [-0.05, 0) is 6.07 Å². The molecule has 0 aliphatic carbocycles. The zero-order chi connectivity index (χ0) is 11.2. The second kappa shape index (κ2) is 5.32. The van der Waals surface area contributed by atoms with Gasteiger partial charge in [-0.3, -0.25) is 0 Å². The summed E-state index contributed by atoms with van der Waals surface area (Å²) in [7, 11) is 0. The van der Waals surface area contributed by atoms with Crippen molar-refractivity contribution >= 4 is 0 Å². The highest BCUT2D eigenvalue weighted by Crippen LogP contribution is 2.14. The largest absolute Gasteiger partial charge is 0.508 e. The highest BCUT2D eigenvalue weighted by Gasteiger charge is 1.98. The number of nitrogens with zero attached hydrogens (tertiary/aromatic N) is 2. The minimum atomic E-state index is 0.345. The van der Waals surface area contributed by atoms with Gasteiger partial charge in [-0.15, -0.1) is 0 Å². The Morgan fingerprint density at radius 2 is 2.19 bits per heavy atom. The van der Waals surface area contributed by atoms with Crippen LogP contribution in [0.25, 0.3) is 0 Å². The van der Waals surface area contributed by atoms with Crippen LogP contribution < -0.4 is 5.32 Å². The van der Waals surface area contributed by atoms with Crippen molar-refractivity contribution in [3.8, 4) is 5.75 Å². The molecule has 1 aromatic carbocycles. The molecule has 0 spiro atoms. The van der Waals surface area contributed by atoms with Gasteiger partial charge in [-0.1, -0.05) is 18.2 Å². The van der Waals surface area contributed by atoms with Gasteiger partial charge in [0.15, 0.2) is 0 Å². The van der Waals surface area contributed by atoms with Crippen LogP contribution in [0.3, 0.4) is 0 Å². The lowest BCUT2D eigenvalue weighted by atomic mass is 10.2. The highest BCUT2D eigenvalue weighted by atomic mass is 16.3. The molecular formula is C12H15N3O. The number of aromatic hydroxyl groups is 1. The maximum absolute atomic E-state index is 9.54. The van der Waals surface area contributed by atoms with Crippen LogP contribution in [0.2, 0.25) is 0 Å². The molecule has 84 valence electrons. The summed E-state index contributed by atoms with van der Waals surface area (Å²) in [6, 6.07) is 7.36. The molecule has 0 amide bonds. The van der Waals surface area contributed by atoms with E-state index in [1.54, 1.807) is 18.6 Å². The summed E-state index contributed by atoms with van der Waals surface area (Å²) in [6.07, 6.45) is 5.49. The van der Waals surface area contributed by atoms with Gasteiger partial charge in [0, 0.05) is 37.6 Å². The summed E-state index contributed by atoms with van der Waals surface area (Å²) < 4.78 is 2.01. The lowest BCUT2D eigenvalue weighted by Gasteiger charge is -2.06. The second-order valence-corrected chi connectivity index (χ2v) is 3.61. The van der Waals surface area contributed by atoms with Gasteiger partial charge < -0.3 is 15.0 Å². The predicted octanol–water partition coefficient (Wildman–Crippen LogP) is 1.38. The molecule has 4 heteroatoms. The smallest absolute Gasteiger partial charge is 0.120 e. The van der Waals surface area contributed by atoms with Crippen molar-refractivity contribution < 1.29 is 5.11 Å². The third-order valence-electron chi connectivity index (χ3n) is 2.41. The SMILES string of the molecule is Oc1ccccc1CNCCn1ccnc1. The summed E-state index contributed by atoms with van der Waals surface area (Å²) >= 11 is 0. The first-order valence-corrected chi connectivity index (χ1v) is 5.29. The molecule has 1 heterocycles. The number of benzene rings is 1. The summed E-state index contributed by atoms with van der Waals surface area (Å²) in [5.41, 5.74) is 0.924. The first-order valence-electron chi connectivity index (χ1n) is 5.29. The van der Waals surface area contributed by atoms with Crippen LogP contribution in [-0.4, -0.2) is 21.2 Å². The molecule has 0 aliphatic rings. The first-order chi connectivity index (χ1) is 7.86. The van der Waals surface area contributed by atoms with Crippen molar-refractivity contribution in [1.82, 2.24) is 14.9 Å². The molecule has 4 nitrogen and oxygen atoms in total. The van der Waals surface area contributed by atoms with Gasteiger partial charge in [-0.25, -0.2) is 4.98 Å².